The van der Waals surface area contributed by atoms with Crippen LogP contribution in [0.1, 0.15) is 10.4 Å². The van der Waals surface area contributed by atoms with Gasteiger partial charge in [-0.3, -0.25) is 9.36 Å². The van der Waals surface area contributed by atoms with Gasteiger partial charge in [0.15, 0.2) is 0 Å². The van der Waals surface area contributed by atoms with Crippen molar-refractivity contribution in [2.45, 2.75) is 23.6 Å². The first-order valence-electron chi connectivity index (χ1n) is 5.59. The molecular formula is C12H11ClN2OS2. The first kappa shape index (κ1) is 12.3. The van der Waals surface area contributed by atoms with Crippen molar-refractivity contribution in [2.24, 2.45) is 0 Å². The zero-order valence-corrected chi connectivity index (χ0v) is 12.1. The van der Waals surface area contributed by atoms with Crippen molar-refractivity contribution < 1.29 is 0 Å². The zero-order chi connectivity index (χ0) is 12.7. The van der Waals surface area contributed by atoms with E-state index in [4.69, 9.17) is 11.6 Å². The number of thioether (sulfide) groups is 1. The van der Waals surface area contributed by atoms with Gasteiger partial charge in [0.05, 0.1) is 5.56 Å². The lowest BCUT2D eigenvalue weighted by Gasteiger charge is -2.03. The van der Waals surface area contributed by atoms with E-state index in [1.165, 1.54) is 4.88 Å². The summed E-state index contributed by atoms with van der Waals surface area (Å²) in [5.41, 5.74) is 0.848. The Morgan fingerprint density at radius 2 is 2.39 bits per heavy atom. The highest BCUT2D eigenvalue weighted by Gasteiger charge is 2.26. The summed E-state index contributed by atoms with van der Waals surface area (Å²) in [7, 11) is 0. The van der Waals surface area contributed by atoms with Crippen molar-refractivity contribution in [3.8, 4) is 5.00 Å². The molecule has 0 saturated heterocycles. The van der Waals surface area contributed by atoms with Crippen LogP contribution in [0.5, 0.6) is 0 Å². The number of hydrogen-bond acceptors (Lipinski definition) is 4. The van der Waals surface area contributed by atoms with Gasteiger partial charge in [0.25, 0.3) is 5.56 Å². The summed E-state index contributed by atoms with van der Waals surface area (Å²) in [6, 6.07) is 3.96. The molecule has 6 heteroatoms. The lowest BCUT2D eigenvalue weighted by atomic mass is 10.2. The first-order chi connectivity index (χ1) is 8.69. The van der Waals surface area contributed by atoms with E-state index in [9.17, 15) is 4.79 Å². The van der Waals surface area contributed by atoms with Gasteiger partial charge in [-0.25, -0.2) is 4.98 Å². The Labute approximate surface area is 118 Å². The van der Waals surface area contributed by atoms with Crippen LogP contribution in [0.15, 0.2) is 28.3 Å². The summed E-state index contributed by atoms with van der Waals surface area (Å²) in [5.74, 6) is 0.554. The van der Waals surface area contributed by atoms with Crippen LogP contribution in [-0.4, -0.2) is 20.7 Å². The van der Waals surface area contributed by atoms with E-state index >= 15 is 0 Å². The molecule has 1 aliphatic rings. The lowest BCUT2D eigenvalue weighted by Crippen LogP contribution is -2.22. The van der Waals surface area contributed by atoms with Crippen molar-refractivity contribution in [1.82, 2.24) is 9.55 Å². The number of rotatable bonds is 2. The van der Waals surface area contributed by atoms with Crippen LogP contribution in [0.4, 0.5) is 0 Å². The third kappa shape index (κ3) is 2.00. The molecule has 0 radical (unpaired) electrons. The maximum Gasteiger partial charge on any atom is 0.262 e. The molecular weight excluding hydrogens is 288 g/mol. The molecule has 0 spiro atoms. The smallest absolute Gasteiger partial charge is 0.262 e. The molecule has 0 bridgehead atoms. The molecule has 0 amide bonds. The van der Waals surface area contributed by atoms with Crippen LogP contribution in [0.3, 0.4) is 0 Å². The average molecular weight is 299 g/mol. The predicted octanol–water partition coefficient (Wildman–Crippen LogP) is 2.86. The second-order valence-corrected chi connectivity index (χ2v) is 7.05. The second kappa shape index (κ2) is 4.72. The number of nitrogens with zero attached hydrogens (tertiary/aromatic N) is 2. The number of thiophene rings is 1. The number of fused-ring (bicyclic) bond motifs is 1. The molecule has 3 rings (SSSR count). The van der Waals surface area contributed by atoms with E-state index in [1.807, 2.05) is 19.1 Å². The standard InChI is InChI=1S/C12H11ClN2OS2/c1-7-2-3-10(17-7)15-6-14-11-9(12(15)16)4-8(5-13)18-11/h2-3,6,8H,4-5H2,1H3/t8-/m0/s1. The lowest BCUT2D eigenvalue weighted by molar-refractivity contribution is 0.840. The highest BCUT2D eigenvalue weighted by atomic mass is 35.5. The van der Waals surface area contributed by atoms with E-state index in [-0.39, 0.29) is 10.8 Å². The molecule has 1 aliphatic heterocycles. The summed E-state index contributed by atoms with van der Waals surface area (Å²) >= 11 is 9.06. The number of alkyl halides is 1. The van der Waals surface area contributed by atoms with E-state index < -0.39 is 0 Å². The van der Waals surface area contributed by atoms with E-state index in [0.717, 1.165) is 22.0 Å². The Morgan fingerprint density at radius 1 is 1.56 bits per heavy atom. The van der Waals surface area contributed by atoms with Crippen LogP contribution in [0.25, 0.3) is 5.00 Å². The third-order valence-electron chi connectivity index (χ3n) is 2.87. The predicted molar refractivity (Wildman–Crippen MR) is 76.5 cm³/mol. The minimum atomic E-state index is 0.0435. The molecule has 0 fully saturated rings. The maximum atomic E-state index is 12.4. The van der Waals surface area contributed by atoms with Gasteiger partial charge in [-0.05, 0) is 25.5 Å². The fourth-order valence-corrected chi connectivity index (χ4v) is 4.15. The molecule has 2 aromatic rings. The van der Waals surface area contributed by atoms with Gasteiger partial charge >= 0.3 is 0 Å². The molecule has 0 unspecified atom stereocenters. The quantitative estimate of drug-likeness (QED) is 0.632. The molecule has 0 aromatic carbocycles. The maximum absolute atomic E-state index is 12.4. The van der Waals surface area contributed by atoms with Crippen molar-refractivity contribution >= 4 is 34.7 Å². The third-order valence-corrected chi connectivity index (χ3v) is 5.67. The largest absolute Gasteiger partial charge is 0.269 e. The molecule has 18 heavy (non-hydrogen) atoms. The van der Waals surface area contributed by atoms with Gasteiger partial charge in [0.2, 0.25) is 0 Å². The second-order valence-electron chi connectivity index (χ2n) is 4.19. The topological polar surface area (TPSA) is 34.9 Å². The van der Waals surface area contributed by atoms with Crippen LogP contribution < -0.4 is 5.56 Å². The van der Waals surface area contributed by atoms with Gasteiger partial charge < -0.3 is 0 Å². The van der Waals surface area contributed by atoms with Gasteiger partial charge in [-0.1, -0.05) is 0 Å². The Kier molecular flexibility index (Phi) is 3.21. The molecule has 3 heterocycles. The number of hydrogen-bond donors (Lipinski definition) is 0. The van der Waals surface area contributed by atoms with Gasteiger partial charge in [0.1, 0.15) is 16.4 Å². The zero-order valence-electron chi connectivity index (χ0n) is 9.72. The Balaban J connectivity index is 2.08. The minimum Gasteiger partial charge on any atom is -0.269 e. The monoisotopic (exact) mass is 298 g/mol. The molecule has 0 saturated carbocycles. The van der Waals surface area contributed by atoms with Crippen molar-refractivity contribution in [3.63, 3.8) is 0 Å². The fraction of sp³-hybridized carbons (Fsp3) is 0.333. The Bertz CT molecular complexity index is 650. The Morgan fingerprint density at radius 3 is 3.06 bits per heavy atom. The fourth-order valence-electron chi connectivity index (χ4n) is 1.97. The Hall–Kier alpha value is -0.780. The summed E-state index contributed by atoms with van der Waals surface area (Å²) in [6.45, 7) is 2.03. The van der Waals surface area contributed by atoms with Crippen LogP contribution in [0, 0.1) is 6.92 Å². The van der Waals surface area contributed by atoms with E-state index in [2.05, 4.69) is 4.98 Å². The molecule has 94 valence electrons. The molecule has 3 nitrogen and oxygen atoms in total. The van der Waals surface area contributed by atoms with Crippen molar-refractivity contribution in [3.05, 3.63) is 39.3 Å². The van der Waals surface area contributed by atoms with Gasteiger partial charge in [0, 0.05) is 16.0 Å². The summed E-state index contributed by atoms with van der Waals surface area (Å²) in [5, 5.41) is 2.05. The van der Waals surface area contributed by atoms with Crippen LogP contribution in [-0.2, 0) is 6.42 Å². The van der Waals surface area contributed by atoms with Crippen molar-refractivity contribution in [2.75, 3.05) is 5.88 Å². The number of aryl methyl sites for hydroxylation is 1. The number of halogens is 1. The van der Waals surface area contributed by atoms with E-state index in [0.29, 0.717) is 5.88 Å². The van der Waals surface area contributed by atoms with Crippen molar-refractivity contribution in [1.29, 1.82) is 0 Å². The highest BCUT2D eigenvalue weighted by Crippen LogP contribution is 2.34. The van der Waals surface area contributed by atoms with E-state index in [1.54, 1.807) is 34.0 Å². The van der Waals surface area contributed by atoms with Crippen LogP contribution >= 0.6 is 34.7 Å². The van der Waals surface area contributed by atoms with Crippen LogP contribution in [0.2, 0.25) is 0 Å². The SMILES string of the molecule is Cc1ccc(-n2cnc3c(c2=O)C[C@@H](CCl)S3)s1. The number of aromatic nitrogens is 2. The minimum absolute atomic E-state index is 0.0435. The van der Waals surface area contributed by atoms with Gasteiger partial charge in [-0.2, -0.15) is 0 Å². The first-order valence-corrected chi connectivity index (χ1v) is 7.82. The molecule has 2 aromatic heterocycles. The molecule has 1 atom stereocenters. The normalized spacial score (nSPS) is 18.0. The van der Waals surface area contributed by atoms with Gasteiger partial charge in [-0.15, -0.1) is 34.7 Å². The average Bonchev–Trinajstić information content (AvgIpc) is 2.96. The summed E-state index contributed by atoms with van der Waals surface area (Å²) in [4.78, 5) is 18.0. The molecule has 0 aliphatic carbocycles. The highest BCUT2D eigenvalue weighted by molar-refractivity contribution is 8.00. The molecule has 0 N–H and O–H groups in total. The summed E-state index contributed by atoms with van der Waals surface area (Å²) < 4.78 is 1.63. The summed E-state index contributed by atoms with van der Waals surface area (Å²) in [6.07, 6.45) is 2.34.